The van der Waals surface area contributed by atoms with Crippen molar-refractivity contribution in [3.8, 4) is 0 Å². The van der Waals surface area contributed by atoms with Crippen LogP contribution in [-0.4, -0.2) is 9.38 Å². The Labute approximate surface area is 65.5 Å². The summed E-state index contributed by atoms with van der Waals surface area (Å²) in [6.45, 7) is 4.05. The van der Waals surface area contributed by atoms with Gasteiger partial charge in [0.2, 0.25) is 0 Å². The highest BCUT2D eigenvalue weighted by atomic mass is 15.0. The first kappa shape index (κ1) is 6.40. The molecule has 0 saturated heterocycles. The van der Waals surface area contributed by atoms with E-state index in [1.54, 1.807) is 0 Å². The molecule has 0 aliphatic rings. The molecule has 2 rings (SSSR count). The molecule has 2 nitrogen and oxygen atoms in total. The number of hydrogen-bond donors (Lipinski definition) is 0. The van der Waals surface area contributed by atoms with Gasteiger partial charge in [0.1, 0.15) is 12.0 Å². The van der Waals surface area contributed by atoms with E-state index in [1.807, 2.05) is 19.1 Å². The van der Waals surface area contributed by atoms with Gasteiger partial charge in [0, 0.05) is 5.69 Å². The zero-order chi connectivity index (χ0) is 7.84. The van der Waals surface area contributed by atoms with Crippen LogP contribution in [0, 0.1) is 20.0 Å². The van der Waals surface area contributed by atoms with Crippen LogP contribution in [0.25, 0.3) is 5.52 Å². The van der Waals surface area contributed by atoms with Crippen LogP contribution in [0.15, 0.2) is 18.2 Å². The third-order valence-electron chi connectivity index (χ3n) is 1.84. The molecule has 0 fully saturated rings. The van der Waals surface area contributed by atoms with Crippen molar-refractivity contribution in [1.29, 1.82) is 0 Å². The second kappa shape index (κ2) is 2.09. The second-order valence-electron chi connectivity index (χ2n) is 2.66. The number of aromatic nitrogens is 2. The third kappa shape index (κ3) is 0.827. The van der Waals surface area contributed by atoms with E-state index in [2.05, 4.69) is 28.6 Å². The van der Waals surface area contributed by atoms with Gasteiger partial charge in [0.15, 0.2) is 0 Å². The van der Waals surface area contributed by atoms with E-state index in [-0.39, 0.29) is 0 Å². The zero-order valence-corrected chi connectivity index (χ0v) is 6.63. The Morgan fingerprint density at radius 3 is 2.91 bits per heavy atom. The van der Waals surface area contributed by atoms with Gasteiger partial charge in [-0.15, -0.1) is 0 Å². The molecule has 1 radical (unpaired) electrons. The summed E-state index contributed by atoms with van der Waals surface area (Å²) in [6.07, 6.45) is 2.94. The third-order valence-corrected chi connectivity index (χ3v) is 1.84. The molecular formula is C9H9N2. The first-order chi connectivity index (χ1) is 5.29. The highest BCUT2D eigenvalue weighted by molar-refractivity contribution is 5.45. The summed E-state index contributed by atoms with van der Waals surface area (Å²) in [7, 11) is 0. The molecule has 0 amide bonds. The Morgan fingerprint density at radius 2 is 2.18 bits per heavy atom. The monoisotopic (exact) mass is 145 g/mol. The highest BCUT2D eigenvalue weighted by Crippen LogP contribution is 2.07. The van der Waals surface area contributed by atoms with Gasteiger partial charge >= 0.3 is 0 Å². The number of nitrogens with zero attached hydrogens (tertiary/aromatic N) is 2. The van der Waals surface area contributed by atoms with Gasteiger partial charge < -0.3 is 4.40 Å². The lowest BCUT2D eigenvalue weighted by molar-refractivity contribution is 0.995. The summed E-state index contributed by atoms with van der Waals surface area (Å²) in [5, 5.41) is 0. The maximum Gasteiger partial charge on any atom is 0.117 e. The van der Waals surface area contributed by atoms with Crippen LogP contribution in [0.1, 0.15) is 11.5 Å². The van der Waals surface area contributed by atoms with E-state index in [0.29, 0.717) is 0 Å². The number of pyridine rings is 1. The minimum atomic E-state index is 0.998. The lowest BCUT2D eigenvalue weighted by Gasteiger charge is -1.99. The van der Waals surface area contributed by atoms with E-state index in [4.69, 9.17) is 0 Å². The predicted octanol–water partition coefficient (Wildman–Crippen LogP) is 1.75. The number of fused-ring (bicyclic) bond motifs is 1. The second-order valence-corrected chi connectivity index (χ2v) is 2.66. The van der Waals surface area contributed by atoms with Crippen molar-refractivity contribution in [2.24, 2.45) is 0 Å². The molecule has 0 aromatic carbocycles. The van der Waals surface area contributed by atoms with Crippen molar-refractivity contribution in [3.63, 3.8) is 0 Å². The topological polar surface area (TPSA) is 17.3 Å². The molecule has 2 aromatic heterocycles. The lowest BCUT2D eigenvalue weighted by atomic mass is 10.3. The summed E-state index contributed by atoms with van der Waals surface area (Å²) >= 11 is 0. The van der Waals surface area contributed by atoms with E-state index in [9.17, 15) is 0 Å². The van der Waals surface area contributed by atoms with E-state index >= 15 is 0 Å². The fourth-order valence-corrected chi connectivity index (χ4v) is 1.32. The standard InChI is InChI=1S/C9H9N2/c1-7-4-3-5-9-6-10-8(2)11(7)9/h3-5H,1-2H3. The Kier molecular flexibility index (Phi) is 1.22. The molecule has 0 bridgehead atoms. The zero-order valence-electron chi connectivity index (χ0n) is 6.63. The summed E-state index contributed by atoms with van der Waals surface area (Å²) in [5.74, 6) is 0.998. The Balaban J connectivity index is 2.96. The van der Waals surface area contributed by atoms with Crippen LogP contribution in [-0.2, 0) is 0 Å². The minimum Gasteiger partial charge on any atom is -0.301 e. The molecule has 55 valence electrons. The van der Waals surface area contributed by atoms with Crippen LogP contribution >= 0.6 is 0 Å². The molecule has 2 heterocycles. The van der Waals surface area contributed by atoms with Crippen LogP contribution in [0.2, 0.25) is 0 Å². The molecular weight excluding hydrogens is 136 g/mol. The quantitative estimate of drug-likeness (QED) is 0.552. The van der Waals surface area contributed by atoms with Crippen molar-refractivity contribution in [3.05, 3.63) is 35.9 Å². The smallest absolute Gasteiger partial charge is 0.117 e. The summed E-state index contributed by atoms with van der Waals surface area (Å²) < 4.78 is 2.08. The number of rotatable bonds is 0. The molecule has 0 atom stereocenters. The van der Waals surface area contributed by atoms with E-state index < -0.39 is 0 Å². The molecule has 2 aromatic rings. The fourth-order valence-electron chi connectivity index (χ4n) is 1.32. The fraction of sp³-hybridized carbons (Fsp3) is 0.222. The summed E-state index contributed by atoms with van der Waals surface area (Å²) in [5.41, 5.74) is 2.25. The maximum absolute atomic E-state index is 4.09. The van der Waals surface area contributed by atoms with E-state index in [1.165, 1.54) is 5.69 Å². The molecule has 0 aliphatic heterocycles. The van der Waals surface area contributed by atoms with Crippen LogP contribution in [0.5, 0.6) is 0 Å². The van der Waals surface area contributed by atoms with Crippen molar-refractivity contribution in [1.82, 2.24) is 9.38 Å². The van der Waals surface area contributed by atoms with Gasteiger partial charge in [0.25, 0.3) is 0 Å². The first-order valence-electron chi connectivity index (χ1n) is 3.61. The van der Waals surface area contributed by atoms with Crippen molar-refractivity contribution >= 4 is 5.52 Å². The Bertz CT molecular complexity index is 387. The van der Waals surface area contributed by atoms with Gasteiger partial charge in [-0.3, -0.25) is 0 Å². The van der Waals surface area contributed by atoms with Gasteiger partial charge in [-0.1, -0.05) is 6.07 Å². The molecule has 11 heavy (non-hydrogen) atoms. The number of hydrogen-bond acceptors (Lipinski definition) is 1. The molecule has 0 N–H and O–H groups in total. The van der Waals surface area contributed by atoms with Gasteiger partial charge in [-0.05, 0) is 26.0 Å². The van der Waals surface area contributed by atoms with E-state index in [0.717, 1.165) is 11.3 Å². The van der Waals surface area contributed by atoms with Gasteiger partial charge in [-0.25, -0.2) is 4.98 Å². The number of aryl methyl sites for hydroxylation is 2. The average Bonchev–Trinajstić information content (AvgIpc) is 2.34. The largest absolute Gasteiger partial charge is 0.301 e. The normalized spacial score (nSPS) is 10.7. The van der Waals surface area contributed by atoms with Crippen molar-refractivity contribution in [2.75, 3.05) is 0 Å². The van der Waals surface area contributed by atoms with Crippen molar-refractivity contribution < 1.29 is 0 Å². The van der Waals surface area contributed by atoms with Crippen molar-refractivity contribution in [2.45, 2.75) is 13.8 Å². The SMILES string of the molecule is Cc1cccc2[c]nc(C)n12. The molecule has 0 aliphatic carbocycles. The first-order valence-corrected chi connectivity index (χ1v) is 3.61. The summed E-state index contributed by atoms with van der Waals surface area (Å²) in [6, 6.07) is 6.09. The van der Waals surface area contributed by atoms with Crippen LogP contribution in [0.4, 0.5) is 0 Å². The van der Waals surface area contributed by atoms with Gasteiger partial charge in [-0.2, -0.15) is 0 Å². The molecule has 0 spiro atoms. The number of imidazole rings is 1. The maximum atomic E-state index is 4.09. The highest BCUT2D eigenvalue weighted by Gasteiger charge is 1.99. The lowest BCUT2D eigenvalue weighted by Crippen LogP contribution is -1.91. The molecule has 0 unspecified atom stereocenters. The Morgan fingerprint density at radius 1 is 1.36 bits per heavy atom. The van der Waals surface area contributed by atoms with Crippen LogP contribution in [0.3, 0.4) is 0 Å². The molecule has 2 heteroatoms. The summed E-state index contributed by atoms with van der Waals surface area (Å²) in [4.78, 5) is 4.09. The van der Waals surface area contributed by atoms with Crippen LogP contribution < -0.4 is 0 Å². The molecule has 0 saturated carbocycles. The Hall–Kier alpha value is -1.31. The predicted molar refractivity (Wildman–Crippen MR) is 43.5 cm³/mol. The van der Waals surface area contributed by atoms with Gasteiger partial charge in [0.05, 0.1) is 5.52 Å². The minimum absolute atomic E-state index is 0.998. The average molecular weight is 145 g/mol.